The Balaban J connectivity index is 2.08. The van der Waals surface area contributed by atoms with Crippen LogP contribution in [0.3, 0.4) is 0 Å². The van der Waals surface area contributed by atoms with Gasteiger partial charge in [-0.25, -0.2) is 8.51 Å². The van der Waals surface area contributed by atoms with Crippen molar-refractivity contribution >= 4 is 11.0 Å². The van der Waals surface area contributed by atoms with E-state index in [1.54, 1.807) is 0 Å². The van der Waals surface area contributed by atoms with Gasteiger partial charge in [0, 0.05) is 20.2 Å². The number of benzene rings is 2. The van der Waals surface area contributed by atoms with E-state index >= 15 is 0 Å². The first-order chi connectivity index (χ1) is 10.2. The normalized spacial score (nSPS) is 14.0. The van der Waals surface area contributed by atoms with Gasteiger partial charge in [-0.3, -0.25) is 0 Å². The van der Waals surface area contributed by atoms with E-state index < -0.39 is 11.0 Å². The van der Waals surface area contributed by atoms with Crippen LogP contribution >= 0.6 is 0 Å². The Morgan fingerprint density at radius 1 is 1.05 bits per heavy atom. The smallest absolute Gasteiger partial charge is 0.127 e. The third-order valence-electron chi connectivity index (χ3n) is 3.45. The van der Waals surface area contributed by atoms with E-state index in [4.69, 9.17) is 0 Å². The molecule has 0 radical (unpaired) electrons. The fourth-order valence-electron chi connectivity index (χ4n) is 2.34. The van der Waals surface area contributed by atoms with E-state index in [0.29, 0.717) is 13.0 Å². The number of hydrogen-bond donors (Lipinski definition) is 1. The summed E-state index contributed by atoms with van der Waals surface area (Å²) >= 11 is 0. The monoisotopic (exact) mass is 303 g/mol. The fraction of sp³-hybridized carbons (Fsp3) is 0.294. The van der Waals surface area contributed by atoms with Gasteiger partial charge in [-0.2, -0.15) is 0 Å². The highest BCUT2D eigenvalue weighted by atomic mass is 32.2. The molecule has 2 unspecified atom stereocenters. The van der Waals surface area contributed by atoms with Crippen molar-refractivity contribution in [3.05, 3.63) is 66.2 Å². The zero-order valence-corrected chi connectivity index (χ0v) is 13.0. The van der Waals surface area contributed by atoms with Crippen LogP contribution < -0.4 is 0 Å². The first-order valence-corrected chi connectivity index (χ1v) is 8.17. The molecule has 2 aromatic carbocycles. The predicted octanol–water partition coefficient (Wildman–Crippen LogP) is 2.81. The van der Waals surface area contributed by atoms with Crippen LogP contribution in [0.5, 0.6) is 0 Å². The van der Waals surface area contributed by atoms with E-state index in [1.165, 1.54) is 5.56 Å². The lowest BCUT2D eigenvalue weighted by Gasteiger charge is -2.23. The molecule has 0 spiro atoms. The molecule has 0 saturated carbocycles. The zero-order valence-electron chi connectivity index (χ0n) is 12.2. The molecule has 3 nitrogen and oxygen atoms in total. The third-order valence-corrected chi connectivity index (χ3v) is 4.84. The number of aliphatic hydroxyl groups is 1. The Hall–Kier alpha value is -1.49. The molecule has 0 aliphatic rings. The number of rotatable bonds is 7. The van der Waals surface area contributed by atoms with E-state index in [9.17, 15) is 9.32 Å². The first-order valence-electron chi connectivity index (χ1n) is 7.06. The number of aliphatic hydroxyl groups excluding tert-OH is 1. The Kier molecular flexibility index (Phi) is 6.11. The molecule has 2 atom stereocenters. The van der Waals surface area contributed by atoms with Crippen molar-refractivity contribution < 1.29 is 9.32 Å². The van der Waals surface area contributed by atoms with E-state index in [0.717, 1.165) is 4.90 Å². The van der Waals surface area contributed by atoms with Crippen LogP contribution in [-0.4, -0.2) is 33.8 Å². The van der Waals surface area contributed by atoms with E-state index in [-0.39, 0.29) is 12.5 Å². The molecule has 1 N–H and O–H groups in total. The molecule has 0 aliphatic heterocycles. The second-order valence-corrected chi connectivity index (χ2v) is 6.59. The summed E-state index contributed by atoms with van der Waals surface area (Å²) in [6.07, 6.45) is 0.667. The topological polar surface area (TPSA) is 40.5 Å². The second-order valence-electron chi connectivity index (χ2n) is 4.99. The Morgan fingerprint density at radius 3 is 2.19 bits per heavy atom. The highest BCUT2D eigenvalue weighted by Crippen LogP contribution is 2.22. The van der Waals surface area contributed by atoms with Crippen molar-refractivity contribution in [2.45, 2.75) is 17.2 Å². The van der Waals surface area contributed by atoms with Crippen LogP contribution in [0.25, 0.3) is 0 Å². The van der Waals surface area contributed by atoms with Crippen molar-refractivity contribution in [1.82, 2.24) is 4.31 Å². The maximum absolute atomic E-state index is 12.5. The van der Waals surface area contributed by atoms with Crippen molar-refractivity contribution in [2.24, 2.45) is 0 Å². The van der Waals surface area contributed by atoms with Gasteiger partial charge >= 0.3 is 0 Å². The Labute approximate surface area is 128 Å². The van der Waals surface area contributed by atoms with Crippen molar-refractivity contribution in [1.29, 1.82) is 0 Å². The van der Waals surface area contributed by atoms with Crippen LogP contribution in [0.4, 0.5) is 0 Å². The lowest BCUT2D eigenvalue weighted by atomic mass is 9.96. The minimum atomic E-state index is -1.17. The van der Waals surface area contributed by atoms with Gasteiger partial charge in [0.2, 0.25) is 0 Å². The van der Waals surface area contributed by atoms with Crippen LogP contribution in [0.15, 0.2) is 65.6 Å². The number of likely N-dealkylation sites (N-methyl/N-ethyl adjacent to an activating group) is 1. The lowest BCUT2D eigenvalue weighted by molar-refractivity contribution is 0.268. The molecule has 0 aromatic heterocycles. The summed E-state index contributed by atoms with van der Waals surface area (Å²) < 4.78 is 14.3. The summed E-state index contributed by atoms with van der Waals surface area (Å²) in [6, 6.07) is 19.5. The molecular formula is C17H21NO2S. The molecule has 0 amide bonds. The van der Waals surface area contributed by atoms with Crippen LogP contribution in [-0.2, 0) is 11.0 Å². The van der Waals surface area contributed by atoms with Crippen molar-refractivity contribution in [2.75, 3.05) is 20.2 Å². The van der Waals surface area contributed by atoms with Gasteiger partial charge in [-0.15, -0.1) is 0 Å². The van der Waals surface area contributed by atoms with Crippen LogP contribution in [0, 0.1) is 0 Å². The van der Waals surface area contributed by atoms with Gasteiger partial charge < -0.3 is 5.11 Å². The average molecular weight is 303 g/mol. The van der Waals surface area contributed by atoms with Gasteiger partial charge in [-0.05, 0) is 30.0 Å². The summed E-state index contributed by atoms with van der Waals surface area (Å²) in [5.74, 6) is 0.175. The van der Waals surface area contributed by atoms with Gasteiger partial charge in [0.25, 0.3) is 0 Å². The highest BCUT2D eigenvalue weighted by Gasteiger charge is 2.17. The summed E-state index contributed by atoms with van der Waals surface area (Å²) in [5, 5.41) is 9.27. The molecule has 0 heterocycles. The maximum Gasteiger partial charge on any atom is 0.127 e. The summed E-state index contributed by atoms with van der Waals surface area (Å²) in [4.78, 5) is 0.802. The summed E-state index contributed by atoms with van der Waals surface area (Å²) in [5.41, 5.74) is 1.17. The van der Waals surface area contributed by atoms with Gasteiger partial charge in [0.15, 0.2) is 0 Å². The Bertz CT molecular complexity index is 560. The van der Waals surface area contributed by atoms with Crippen molar-refractivity contribution in [3.8, 4) is 0 Å². The molecule has 4 heteroatoms. The molecule has 0 saturated heterocycles. The van der Waals surface area contributed by atoms with Crippen molar-refractivity contribution in [3.63, 3.8) is 0 Å². The second kappa shape index (κ2) is 8.08. The molecule has 2 rings (SSSR count). The third kappa shape index (κ3) is 4.49. The standard InChI is InChI=1S/C17H21NO2S/c1-18(21(20)17-10-6-3-7-11-17)14-16(12-13-19)15-8-4-2-5-9-15/h2-11,16,19H,12-14H2,1H3. The van der Waals surface area contributed by atoms with Gasteiger partial charge in [-0.1, -0.05) is 48.5 Å². The molecule has 0 fully saturated rings. The number of hydrogen-bond acceptors (Lipinski definition) is 2. The fourth-order valence-corrected chi connectivity index (χ4v) is 3.40. The lowest BCUT2D eigenvalue weighted by Crippen LogP contribution is -2.27. The van der Waals surface area contributed by atoms with Crippen LogP contribution in [0.2, 0.25) is 0 Å². The summed E-state index contributed by atoms with van der Waals surface area (Å²) in [7, 11) is 0.683. The molecular weight excluding hydrogens is 282 g/mol. The minimum Gasteiger partial charge on any atom is -0.396 e. The average Bonchev–Trinajstić information content (AvgIpc) is 2.55. The largest absolute Gasteiger partial charge is 0.396 e. The molecule has 112 valence electrons. The quantitative estimate of drug-likeness (QED) is 0.854. The Morgan fingerprint density at radius 2 is 1.62 bits per heavy atom. The zero-order chi connectivity index (χ0) is 15.1. The predicted molar refractivity (Wildman–Crippen MR) is 86.4 cm³/mol. The first kappa shape index (κ1) is 15.9. The molecule has 0 aliphatic carbocycles. The SMILES string of the molecule is CN(CC(CCO)c1ccccc1)S(=O)c1ccccc1. The maximum atomic E-state index is 12.5. The van der Waals surface area contributed by atoms with E-state index in [1.807, 2.05) is 59.9 Å². The number of nitrogens with zero attached hydrogens (tertiary/aromatic N) is 1. The summed E-state index contributed by atoms with van der Waals surface area (Å²) in [6.45, 7) is 0.775. The van der Waals surface area contributed by atoms with E-state index in [2.05, 4.69) is 12.1 Å². The molecule has 0 bridgehead atoms. The molecule has 2 aromatic rings. The van der Waals surface area contributed by atoms with Gasteiger partial charge in [0.05, 0.1) is 4.90 Å². The highest BCUT2D eigenvalue weighted by molar-refractivity contribution is 7.82. The van der Waals surface area contributed by atoms with Gasteiger partial charge in [0.1, 0.15) is 11.0 Å². The minimum absolute atomic E-state index is 0.130. The molecule has 21 heavy (non-hydrogen) atoms. The van der Waals surface area contributed by atoms with Crippen LogP contribution in [0.1, 0.15) is 17.9 Å².